The SMILES string of the molecule is Cc1cc(C)cc(N=Cc2cc(-c3ccccc3)n(-c3ccc(Cl)cc3)c2-c2ccccc2)c1. The highest BCUT2D eigenvalue weighted by Gasteiger charge is 2.18. The first-order valence-electron chi connectivity index (χ1n) is 11.3. The van der Waals surface area contributed by atoms with Gasteiger partial charge in [0.1, 0.15) is 0 Å². The van der Waals surface area contributed by atoms with Crippen LogP contribution in [0, 0.1) is 13.8 Å². The highest BCUT2D eigenvalue weighted by atomic mass is 35.5. The van der Waals surface area contributed by atoms with Crippen molar-refractivity contribution in [3.63, 3.8) is 0 Å². The highest BCUT2D eigenvalue weighted by Crippen LogP contribution is 2.36. The molecule has 0 spiro atoms. The summed E-state index contributed by atoms with van der Waals surface area (Å²) in [7, 11) is 0. The van der Waals surface area contributed by atoms with E-state index in [9.17, 15) is 0 Å². The molecule has 0 unspecified atom stereocenters. The summed E-state index contributed by atoms with van der Waals surface area (Å²) < 4.78 is 2.30. The topological polar surface area (TPSA) is 17.3 Å². The number of benzene rings is 4. The predicted molar refractivity (Wildman–Crippen MR) is 145 cm³/mol. The Morgan fingerprint density at radius 1 is 0.676 bits per heavy atom. The first kappa shape index (κ1) is 21.9. The van der Waals surface area contributed by atoms with Crippen LogP contribution in [-0.4, -0.2) is 10.8 Å². The monoisotopic (exact) mass is 460 g/mol. The van der Waals surface area contributed by atoms with Gasteiger partial charge in [0.15, 0.2) is 0 Å². The van der Waals surface area contributed by atoms with Gasteiger partial charge in [-0.3, -0.25) is 4.99 Å². The van der Waals surface area contributed by atoms with E-state index in [0.29, 0.717) is 0 Å². The summed E-state index contributed by atoms with van der Waals surface area (Å²) >= 11 is 6.23. The first-order valence-corrected chi connectivity index (χ1v) is 11.7. The van der Waals surface area contributed by atoms with Crippen molar-refractivity contribution in [2.75, 3.05) is 0 Å². The zero-order chi connectivity index (χ0) is 23.5. The number of halogens is 1. The second-order valence-electron chi connectivity index (χ2n) is 8.48. The zero-order valence-electron chi connectivity index (χ0n) is 19.2. The minimum atomic E-state index is 0.718. The molecule has 0 aliphatic rings. The van der Waals surface area contributed by atoms with E-state index >= 15 is 0 Å². The lowest BCUT2D eigenvalue weighted by Gasteiger charge is -2.15. The molecule has 1 heterocycles. The number of aryl methyl sites for hydroxylation is 2. The smallest absolute Gasteiger partial charge is 0.0635 e. The zero-order valence-corrected chi connectivity index (χ0v) is 20.0. The molecule has 0 amide bonds. The minimum absolute atomic E-state index is 0.718. The van der Waals surface area contributed by atoms with Gasteiger partial charge in [0.2, 0.25) is 0 Å². The fourth-order valence-corrected chi connectivity index (χ4v) is 4.49. The van der Waals surface area contributed by atoms with Gasteiger partial charge in [0.25, 0.3) is 0 Å². The van der Waals surface area contributed by atoms with Crippen LogP contribution in [-0.2, 0) is 0 Å². The van der Waals surface area contributed by atoms with Gasteiger partial charge in [-0.2, -0.15) is 0 Å². The molecule has 0 radical (unpaired) electrons. The molecule has 0 saturated carbocycles. The molecule has 0 saturated heterocycles. The molecule has 5 rings (SSSR count). The third-order valence-electron chi connectivity index (χ3n) is 5.79. The third kappa shape index (κ3) is 4.59. The first-order chi connectivity index (χ1) is 16.6. The van der Waals surface area contributed by atoms with E-state index in [1.54, 1.807) is 0 Å². The molecular weight excluding hydrogens is 436 g/mol. The van der Waals surface area contributed by atoms with E-state index in [4.69, 9.17) is 16.6 Å². The normalized spacial score (nSPS) is 11.3. The lowest BCUT2D eigenvalue weighted by molar-refractivity contribution is 1.09. The molecule has 0 aliphatic heterocycles. The molecule has 0 aliphatic carbocycles. The van der Waals surface area contributed by atoms with Crippen molar-refractivity contribution in [2.45, 2.75) is 13.8 Å². The van der Waals surface area contributed by atoms with Crippen LogP contribution in [0.1, 0.15) is 16.7 Å². The van der Waals surface area contributed by atoms with Crippen LogP contribution in [0.25, 0.3) is 28.2 Å². The molecule has 3 heteroatoms. The van der Waals surface area contributed by atoms with E-state index in [0.717, 1.165) is 44.5 Å². The quantitative estimate of drug-likeness (QED) is 0.233. The summed E-state index contributed by atoms with van der Waals surface area (Å²) in [5, 5.41) is 0.718. The molecule has 1 aromatic heterocycles. The van der Waals surface area contributed by atoms with Crippen molar-refractivity contribution in [1.82, 2.24) is 4.57 Å². The molecule has 0 N–H and O–H groups in total. The Morgan fingerprint density at radius 2 is 1.26 bits per heavy atom. The van der Waals surface area contributed by atoms with Crippen molar-refractivity contribution in [1.29, 1.82) is 0 Å². The number of hydrogen-bond acceptors (Lipinski definition) is 1. The van der Waals surface area contributed by atoms with Crippen molar-refractivity contribution in [3.8, 4) is 28.2 Å². The Kier molecular flexibility index (Phi) is 6.16. The minimum Gasteiger partial charge on any atom is -0.309 e. The molecule has 2 nitrogen and oxygen atoms in total. The van der Waals surface area contributed by atoms with Crippen molar-refractivity contribution in [3.05, 3.63) is 131 Å². The van der Waals surface area contributed by atoms with E-state index in [2.05, 4.69) is 103 Å². The van der Waals surface area contributed by atoms with Gasteiger partial charge in [-0.25, -0.2) is 0 Å². The van der Waals surface area contributed by atoms with Gasteiger partial charge >= 0.3 is 0 Å². The van der Waals surface area contributed by atoms with Crippen molar-refractivity contribution in [2.24, 2.45) is 4.99 Å². The number of rotatable bonds is 5. The molecule has 5 aromatic rings. The summed E-state index contributed by atoms with van der Waals surface area (Å²) in [6, 6.07) is 37.5. The molecule has 4 aromatic carbocycles. The average molecular weight is 461 g/mol. The van der Waals surface area contributed by atoms with Gasteiger partial charge in [0, 0.05) is 22.5 Å². The fraction of sp³-hybridized carbons (Fsp3) is 0.0645. The summed E-state index contributed by atoms with van der Waals surface area (Å²) in [6.45, 7) is 4.21. The Balaban J connectivity index is 1.77. The molecule has 0 bridgehead atoms. The molecule has 0 fully saturated rings. The Morgan fingerprint density at radius 3 is 1.88 bits per heavy atom. The average Bonchev–Trinajstić information content (AvgIpc) is 3.23. The Labute approximate surface area is 205 Å². The summed E-state index contributed by atoms with van der Waals surface area (Å²) in [5.74, 6) is 0. The standard InChI is InChI=1S/C31H25ClN2/c1-22-17-23(2)19-28(18-22)33-21-26-20-30(24-9-5-3-6-10-24)34(29-15-13-27(32)14-16-29)31(26)25-11-7-4-8-12-25/h3-21H,1-2H3. The van der Waals surface area contributed by atoms with Crippen LogP contribution < -0.4 is 0 Å². The number of hydrogen-bond donors (Lipinski definition) is 0. The van der Waals surface area contributed by atoms with Gasteiger partial charge in [-0.1, -0.05) is 78.3 Å². The van der Waals surface area contributed by atoms with Crippen LogP contribution in [0.5, 0.6) is 0 Å². The second-order valence-corrected chi connectivity index (χ2v) is 8.92. The van der Waals surface area contributed by atoms with Gasteiger partial charge in [-0.05, 0) is 78.6 Å². The van der Waals surface area contributed by atoms with Gasteiger partial charge in [-0.15, -0.1) is 0 Å². The van der Waals surface area contributed by atoms with Crippen LogP contribution in [0.15, 0.2) is 114 Å². The maximum Gasteiger partial charge on any atom is 0.0635 e. The molecular formula is C31H25ClN2. The van der Waals surface area contributed by atoms with E-state index in [1.165, 1.54) is 11.1 Å². The number of nitrogens with zero attached hydrogens (tertiary/aromatic N) is 2. The molecule has 34 heavy (non-hydrogen) atoms. The van der Waals surface area contributed by atoms with Gasteiger partial charge < -0.3 is 4.57 Å². The summed E-state index contributed by atoms with van der Waals surface area (Å²) in [4.78, 5) is 4.88. The van der Waals surface area contributed by atoms with E-state index in [1.807, 2.05) is 30.5 Å². The maximum absolute atomic E-state index is 6.23. The lowest BCUT2D eigenvalue weighted by Crippen LogP contribution is -2.00. The summed E-state index contributed by atoms with van der Waals surface area (Å²) in [6.07, 6.45) is 1.98. The molecule has 0 atom stereocenters. The van der Waals surface area contributed by atoms with Crippen molar-refractivity contribution >= 4 is 23.5 Å². The van der Waals surface area contributed by atoms with Gasteiger partial charge in [0.05, 0.1) is 17.1 Å². The molecule has 166 valence electrons. The summed E-state index contributed by atoms with van der Waals surface area (Å²) in [5.41, 5.74) is 9.93. The van der Waals surface area contributed by atoms with Crippen LogP contribution >= 0.6 is 11.6 Å². The van der Waals surface area contributed by atoms with E-state index in [-0.39, 0.29) is 0 Å². The predicted octanol–water partition coefficient (Wildman–Crippen LogP) is 8.83. The largest absolute Gasteiger partial charge is 0.309 e. The van der Waals surface area contributed by atoms with Crippen molar-refractivity contribution < 1.29 is 0 Å². The number of aromatic nitrogens is 1. The third-order valence-corrected chi connectivity index (χ3v) is 6.04. The Hall–Kier alpha value is -3.88. The van der Waals surface area contributed by atoms with Crippen LogP contribution in [0.3, 0.4) is 0 Å². The number of aliphatic imine (C=N–C) groups is 1. The Bertz CT molecular complexity index is 1430. The van der Waals surface area contributed by atoms with Crippen LogP contribution in [0.2, 0.25) is 5.02 Å². The second kappa shape index (κ2) is 9.54. The fourth-order valence-electron chi connectivity index (χ4n) is 4.37. The van der Waals surface area contributed by atoms with E-state index < -0.39 is 0 Å². The maximum atomic E-state index is 6.23. The highest BCUT2D eigenvalue weighted by molar-refractivity contribution is 6.30. The lowest BCUT2D eigenvalue weighted by atomic mass is 10.1. The van der Waals surface area contributed by atoms with Crippen LogP contribution in [0.4, 0.5) is 5.69 Å².